The third kappa shape index (κ3) is 4.38. The summed E-state index contributed by atoms with van der Waals surface area (Å²) in [4.78, 5) is 13.7. The first kappa shape index (κ1) is 15.6. The minimum Gasteiger partial charge on any atom is -0.497 e. The van der Waals surface area contributed by atoms with Crippen LogP contribution in [0.2, 0.25) is 0 Å². The van der Waals surface area contributed by atoms with Crippen LogP contribution in [0.1, 0.15) is 10.4 Å². The van der Waals surface area contributed by atoms with Crippen LogP contribution in [-0.2, 0) is 0 Å². The zero-order valence-electron chi connectivity index (χ0n) is 12.9. The highest BCUT2D eigenvalue weighted by atomic mass is 16.5. The highest BCUT2D eigenvalue weighted by molar-refractivity contribution is 6.04. The molecular formula is C18H19NO3. The minimum absolute atomic E-state index is 0.0373. The van der Waals surface area contributed by atoms with Gasteiger partial charge in [0, 0.05) is 31.9 Å². The molecule has 0 unspecified atom stereocenters. The molecule has 0 spiro atoms. The Hall–Kier alpha value is -2.75. The molecule has 0 aromatic heterocycles. The van der Waals surface area contributed by atoms with Crippen molar-refractivity contribution in [3.05, 3.63) is 66.4 Å². The molecule has 2 aromatic carbocycles. The van der Waals surface area contributed by atoms with Crippen LogP contribution in [0.3, 0.4) is 0 Å². The van der Waals surface area contributed by atoms with E-state index in [1.165, 1.54) is 0 Å². The average Bonchev–Trinajstić information content (AvgIpc) is 2.54. The van der Waals surface area contributed by atoms with Gasteiger partial charge in [0.25, 0.3) is 0 Å². The second-order valence-corrected chi connectivity index (χ2v) is 4.95. The van der Waals surface area contributed by atoms with Gasteiger partial charge in [0.1, 0.15) is 17.2 Å². The predicted octanol–water partition coefficient (Wildman–Crippen LogP) is 3.75. The van der Waals surface area contributed by atoms with E-state index in [0.717, 1.165) is 5.75 Å². The number of ether oxygens (including phenoxy) is 2. The Morgan fingerprint density at radius 2 is 1.41 bits per heavy atom. The molecule has 0 saturated carbocycles. The van der Waals surface area contributed by atoms with Crippen molar-refractivity contribution in [1.82, 2.24) is 4.90 Å². The van der Waals surface area contributed by atoms with Gasteiger partial charge in [-0.2, -0.15) is 0 Å². The lowest BCUT2D eigenvalue weighted by atomic mass is 10.1. The number of rotatable bonds is 6. The quantitative estimate of drug-likeness (QED) is 0.601. The van der Waals surface area contributed by atoms with Gasteiger partial charge in [0.2, 0.25) is 0 Å². The van der Waals surface area contributed by atoms with E-state index in [2.05, 4.69) is 0 Å². The number of hydrogen-bond acceptors (Lipinski definition) is 4. The largest absolute Gasteiger partial charge is 0.497 e. The van der Waals surface area contributed by atoms with Gasteiger partial charge >= 0.3 is 0 Å². The number of nitrogens with zero attached hydrogens (tertiary/aromatic N) is 1. The molecule has 0 bridgehead atoms. The van der Waals surface area contributed by atoms with Gasteiger partial charge in [-0.3, -0.25) is 4.79 Å². The van der Waals surface area contributed by atoms with Crippen molar-refractivity contribution in [3.8, 4) is 17.2 Å². The van der Waals surface area contributed by atoms with Crippen molar-refractivity contribution in [2.24, 2.45) is 0 Å². The van der Waals surface area contributed by atoms with E-state index in [1.54, 1.807) is 43.7 Å². The van der Waals surface area contributed by atoms with Gasteiger partial charge in [-0.15, -0.1) is 0 Å². The highest BCUT2D eigenvalue weighted by Gasteiger charge is 2.03. The molecular weight excluding hydrogens is 278 g/mol. The summed E-state index contributed by atoms with van der Waals surface area (Å²) in [6, 6.07) is 14.4. The van der Waals surface area contributed by atoms with Crippen molar-refractivity contribution < 1.29 is 14.3 Å². The van der Waals surface area contributed by atoms with Gasteiger partial charge in [-0.1, -0.05) is 0 Å². The summed E-state index contributed by atoms with van der Waals surface area (Å²) in [5.74, 6) is 2.14. The first-order chi connectivity index (χ1) is 10.6. The molecule has 2 rings (SSSR count). The number of ketones is 1. The number of carbonyl (C=O) groups is 1. The second kappa shape index (κ2) is 7.31. The molecule has 22 heavy (non-hydrogen) atoms. The van der Waals surface area contributed by atoms with Gasteiger partial charge in [-0.25, -0.2) is 0 Å². The van der Waals surface area contributed by atoms with Gasteiger partial charge < -0.3 is 14.4 Å². The van der Waals surface area contributed by atoms with Gasteiger partial charge in [0.05, 0.1) is 7.11 Å². The Morgan fingerprint density at radius 3 is 1.91 bits per heavy atom. The van der Waals surface area contributed by atoms with Crippen molar-refractivity contribution in [2.75, 3.05) is 21.2 Å². The van der Waals surface area contributed by atoms with E-state index in [-0.39, 0.29) is 5.78 Å². The summed E-state index contributed by atoms with van der Waals surface area (Å²) >= 11 is 0. The zero-order valence-corrected chi connectivity index (χ0v) is 12.9. The molecule has 4 nitrogen and oxygen atoms in total. The average molecular weight is 297 g/mol. The predicted molar refractivity (Wildman–Crippen MR) is 86.7 cm³/mol. The fraction of sp³-hybridized carbons (Fsp3) is 0.167. The van der Waals surface area contributed by atoms with Crippen LogP contribution >= 0.6 is 0 Å². The van der Waals surface area contributed by atoms with E-state index < -0.39 is 0 Å². The summed E-state index contributed by atoms with van der Waals surface area (Å²) < 4.78 is 10.8. The van der Waals surface area contributed by atoms with Gasteiger partial charge in [0.15, 0.2) is 5.78 Å². The molecule has 4 heteroatoms. The zero-order chi connectivity index (χ0) is 15.9. The maximum Gasteiger partial charge on any atom is 0.187 e. The summed E-state index contributed by atoms with van der Waals surface area (Å²) in [5.41, 5.74) is 0.625. The van der Waals surface area contributed by atoms with E-state index in [1.807, 2.05) is 43.3 Å². The number of allylic oxidation sites excluding steroid dienone is 1. The van der Waals surface area contributed by atoms with E-state index >= 15 is 0 Å². The molecule has 0 aliphatic rings. The standard InChI is InChI=1S/C18H19NO3/c1-19(2)13-12-18(20)14-4-6-16(7-5-14)22-17-10-8-15(21-3)9-11-17/h4-13H,1-3H3/b13-12+. The second-order valence-electron chi connectivity index (χ2n) is 4.95. The number of benzene rings is 2. The molecule has 0 amide bonds. The number of methoxy groups -OCH3 is 1. The van der Waals surface area contributed by atoms with Crippen LogP contribution in [-0.4, -0.2) is 31.9 Å². The fourth-order valence-corrected chi connectivity index (χ4v) is 1.78. The first-order valence-corrected chi connectivity index (χ1v) is 6.89. The summed E-state index contributed by atoms with van der Waals surface area (Å²) in [5, 5.41) is 0. The number of hydrogen-bond donors (Lipinski definition) is 0. The Morgan fingerprint density at radius 1 is 0.909 bits per heavy atom. The summed E-state index contributed by atoms with van der Waals surface area (Å²) in [6.07, 6.45) is 3.27. The molecule has 114 valence electrons. The maximum atomic E-state index is 11.9. The summed E-state index contributed by atoms with van der Waals surface area (Å²) in [6.45, 7) is 0. The minimum atomic E-state index is -0.0373. The Labute approximate surface area is 130 Å². The molecule has 0 heterocycles. The Kier molecular flexibility index (Phi) is 5.20. The fourth-order valence-electron chi connectivity index (χ4n) is 1.78. The van der Waals surface area contributed by atoms with Crippen molar-refractivity contribution in [2.45, 2.75) is 0 Å². The van der Waals surface area contributed by atoms with Crippen LogP contribution in [0, 0.1) is 0 Å². The van der Waals surface area contributed by atoms with Crippen molar-refractivity contribution in [3.63, 3.8) is 0 Å². The van der Waals surface area contributed by atoms with E-state index in [4.69, 9.17) is 9.47 Å². The monoisotopic (exact) mass is 297 g/mol. The highest BCUT2D eigenvalue weighted by Crippen LogP contribution is 2.24. The lowest BCUT2D eigenvalue weighted by molar-refractivity contribution is 0.104. The molecule has 0 radical (unpaired) electrons. The molecule has 0 aliphatic carbocycles. The lowest BCUT2D eigenvalue weighted by Crippen LogP contribution is -2.03. The molecule has 0 fully saturated rings. The van der Waals surface area contributed by atoms with E-state index in [9.17, 15) is 4.79 Å². The Balaban J connectivity index is 2.03. The normalized spacial score (nSPS) is 10.5. The molecule has 0 saturated heterocycles. The Bertz CT molecular complexity index is 643. The van der Waals surface area contributed by atoms with Crippen molar-refractivity contribution in [1.29, 1.82) is 0 Å². The maximum absolute atomic E-state index is 11.9. The molecule has 0 N–H and O–H groups in total. The first-order valence-electron chi connectivity index (χ1n) is 6.89. The molecule has 0 atom stereocenters. The van der Waals surface area contributed by atoms with Crippen LogP contribution < -0.4 is 9.47 Å². The van der Waals surface area contributed by atoms with Crippen LogP contribution in [0.15, 0.2) is 60.8 Å². The van der Waals surface area contributed by atoms with Crippen LogP contribution in [0.5, 0.6) is 17.2 Å². The third-order valence-corrected chi connectivity index (χ3v) is 2.96. The SMILES string of the molecule is COc1ccc(Oc2ccc(C(=O)/C=C/N(C)C)cc2)cc1. The third-order valence-electron chi connectivity index (χ3n) is 2.96. The lowest BCUT2D eigenvalue weighted by Gasteiger charge is -2.07. The van der Waals surface area contributed by atoms with Crippen molar-refractivity contribution >= 4 is 5.78 Å². The van der Waals surface area contributed by atoms with E-state index in [0.29, 0.717) is 17.1 Å². The number of carbonyl (C=O) groups excluding carboxylic acids is 1. The van der Waals surface area contributed by atoms with Gasteiger partial charge in [-0.05, 0) is 48.5 Å². The topological polar surface area (TPSA) is 38.8 Å². The van der Waals surface area contributed by atoms with Crippen LogP contribution in [0.4, 0.5) is 0 Å². The smallest absolute Gasteiger partial charge is 0.187 e. The van der Waals surface area contributed by atoms with Crippen LogP contribution in [0.25, 0.3) is 0 Å². The molecule has 2 aromatic rings. The molecule has 0 aliphatic heterocycles. The summed E-state index contributed by atoms with van der Waals surface area (Å²) in [7, 11) is 5.36.